The smallest absolute Gasteiger partial charge is 0.0160 e. The molecule has 1 aliphatic heterocycles. The van der Waals surface area contributed by atoms with Crippen molar-refractivity contribution >= 4 is 0 Å². The van der Waals surface area contributed by atoms with Crippen molar-refractivity contribution < 1.29 is 0 Å². The Bertz CT molecular complexity index is 187. The molecule has 1 rings (SSSR count). The lowest BCUT2D eigenvalue weighted by atomic mass is 9.74. The van der Waals surface area contributed by atoms with Crippen LogP contribution in [0.1, 0.15) is 20.3 Å². The Labute approximate surface area is 88.4 Å². The molecule has 0 saturated carbocycles. The van der Waals surface area contributed by atoms with Crippen molar-refractivity contribution in [3.05, 3.63) is 12.7 Å². The summed E-state index contributed by atoms with van der Waals surface area (Å²) in [7, 11) is 2.05. The van der Waals surface area contributed by atoms with Crippen LogP contribution in [0.4, 0.5) is 0 Å². The third kappa shape index (κ3) is 2.82. The lowest BCUT2D eigenvalue weighted by Crippen LogP contribution is -2.48. The average Bonchev–Trinajstić information content (AvgIpc) is 2.10. The van der Waals surface area contributed by atoms with Crippen LogP contribution >= 0.6 is 0 Å². The first-order chi connectivity index (χ1) is 6.60. The van der Waals surface area contributed by atoms with E-state index in [0.717, 1.165) is 19.0 Å². The molecule has 1 atom stereocenters. The highest BCUT2D eigenvalue weighted by molar-refractivity contribution is 4.89. The maximum Gasteiger partial charge on any atom is 0.0160 e. The molecule has 0 amide bonds. The van der Waals surface area contributed by atoms with E-state index in [1.165, 1.54) is 19.5 Å². The van der Waals surface area contributed by atoms with Crippen molar-refractivity contribution in [1.29, 1.82) is 0 Å². The van der Waals surface area contributed by atoms with Gasteiger partial charge in [-0.25, -0.2) is 0 Å². The number of hydrogen-bond donors (Lipinski definition) is 1. The maximum absolute atomic E-state index is 3.80. The van der Waals surface area contributed by atoms with Crippen LogP contribution in [0.25, 0.3) is 0 Å². The zero-order chi connectivity index (χ0) is 10.6. The summed E-state index contributed by atoms with van der Waals surface area (Å²) >= 11 is 0. The van der Waals surface area contributed by atoms with E-state index in [4.69, 9.17) is 0 Å². The second kappa shape index (κ2) is 4.94. The van der Waals surface area contributed by atoms with Gasteiger partial charge in [-0.15, -0.1) is 6.58 Å². The molecule has 2 nitrogen and oxygen atoms in total. The molecule has 0 aromatic rings. The van der Waals surface area contributed by atoms with Crippen molar-refractivity contribution in [2.45, 2.75) is 20.3 Å². The second-order valence-corrected chi connectivity index (χ2v) is 5.06. The predicted molar refractivity (Wildman–Crippen MR) is 62.5 cm³/mol. The second-order valence-electron chi connectivity index (χ2n) is 5.06. The largest absolute Gasteiger partial charge is 0.319 e. The number of hydrogen-bond acceptors (Lipinski definition) is 2. The van der Waals surface area contributed by atoms with Gasteiger partial charge in [0.15, 0.2) is 0 Å². The fourth-order valence-corrected chi connectivity index (χ4v) is 2.48. The Morgan fingerprint density at radius 2 is 2.29 bits per heavy atom. The number of nitrogens with one attached hydrogen (secondary N) is 1. The topological polar surface area (TPSA) is 15.3 Å². The number of rotatable bonds is 4. The maximum atomic E-state index is 3.80. The molecule has 1 unspecified atom stereocenters. The molecule has 1 fully saturated rings. The van der Waals surface area contributed by atoms with Gasteiger partial charge < -0.3 is 5.32 Å². The fraction of sp³-hybridized carbons (Fsp3) is 0.833. The molecule has 1 saturated heterocycles. The lowest BCUT2D eigenvalue weighted by molar-refractivity contribution is 0.0635. The molecule has 0 aromatic carbocycles. The Balaban J connectivity index is 2.51. The van der Waals surface area contributed by atoms with E-state index in [1.54, 1.807) is 0 Å². The monoisotopic (exact) mass is 196 g/mol. The normalized spacial score (nSPS) is 27.5. The molecule has 1 aliphatic rings. The molecule has 0 spiro atoms. The van der Waals surface area contributed by atoms with Gasteiger partial charge in [-0.05, 0) is 37.9 Å². The summed E-state index contributed by atoms with van der Waals surface area (Å²) in [6.07, 6.45) is 3.32. The van der Waals surface area contributed by atoms with Crippen LogP contribution in [0.2, 0.25) is 0 Å². The Hall–Kier alpha value is -0.340. The first-order valence-electron chi connectivity index (χ1n) is 5.58. The molecule has 0 aromatic heterocycles. The van der Waals surface area contributed by atoms with Crippen LogP contribution in [0, 0.1) is 11.3 Å². The zero-order valence-corrected chi connectivity index (χ0v) is 9.84. The Morgan fingerprint density at radius 1 is 1.57 bits per heavy atom. The Morgan fingerprint density at radius 3 is 2.79 bits per heavy atom. The highest BCUT2D eigenvalue weighted by Crippen LogP contribution is 2.34. The summed E-state index contributed by atoms with van der Waals surface area (Å²) in [6.45, 7) is 13.2. The minimum Gasteiger partial charge on any atom is -0.319 e. The summed E-state index contributed by atoms with van der Waals surface area (Å²) < 4.78 is 0. The number of likely N-dealkylation sites (tertiary alicyclic amines) is 1. The van der Waals surface area contributed by atoms with E-state index in [-0.39, 0.29) is 0 Å². The minimum absolute atomic E-state index is 0.435. The van der Waals surface area contributed by atoms with Crippen molar-refractivity contribution in [2.75, 3.05) is 33.2 Å². The summed E-state index contributed by atoms with van der Waals surface area (Å²) in [4.78, 5) is 2.50. The summed E-state index contributed by atoms with van der Waals surface area (Å²) in [6, 6.07) is 0. The van der Waals surface area contributed by atoms with E-state index >= 15 is 0 Å². The number of nitrogens with zero attached hydrogens (tertiary/aromatic N) is 1. The van der Waals surface area contributed by atoms with E-state index in [2.05, 4.69) is 30.6 Å². The van der Waals surface area contributed by atoms with Gasteiger partial charge >= 0.3 is 0 Å². The third-order valence-corrected chi connectivity index (χ3v) is 3.37. The van der Waals surface area contributed by atoms with Gasteiger partial charge in [0.2, 0.25) is 0 Å². The van der Waals surface area contributed by atoms with E-state index < -0.39 is 0 Å². The molecule has 1 N–H and O–H groups in total. The summed E-state index contributed by atoms with van der Waals surface area (Å²) in [5.74, 6) is 0.813. The van der Waals surface area contributed by atoms with Crippen LogP contribution < -0.4 is 5.32 Å². The first kappa shape index (κ1) is 11.7. The van der Waals surface area contributed by atoms with Crippen LogP contribution in [-0.4, -0.2) is 38.1 Å². The van der Waals surface area contributed by atoms with E-state index in [0.29, 0.717) is 5.41 Å². The SMILES string of the molecule is C=CCN1CCC(CNC)C(C)(C)C1. The highest BCUT2D eigenvalue weighted by Gasteiger charge is 2.34. The van der Waals surface area contributed by atoms with Crippen LogP contribution in [0.15, 0.2) is 12.7 Å². The standard InChI is InChI=1S/C12H24N2/c1-5-7-14-8-6-11(9-13-4)12(2,3)10-14/h5,11,13H,1,6-10H2,2-4H3. The molecule has 14 heavy (non-hydrogen) atoms. The highest BCUT2D eigenvalue weighted by atomic mass is 15.1. The average molecular weight is 196 g/mol. The number of piperidine rings is 1. The van der Waals surface area contributed by atoms with Gasteiger partial charge in [-0.1, -0.05) is 19.9 Å². The lowest BCUT2D eigenvalue weighted by Gasteiger charge is -2.44. The molecular weight excluding hydrogens is 172 g/mol. The summed E-state index contributed by atoms with van der Waals surface area (Å²) in [5, 5.41) is 3.30. The minimum atomic E-state index is 0.435. The molecule has 1 heterocycles. The van der Waals surface area contributed by atoms with Crippen LogP contribution in [0.3, 0.4) is 0 Å². The Kier molecular flexibility index (Phi) is 4.14. The van der Waals surface area contributed by atoms with Gasteiger partial charge in [-0.3, -0.25) is 4.90 Å². The summed E-state index contributed by atoms with van der Waals surface area (Å²) in [5.41, 5.74) is 0.435. The molecule has 0 bridgehead atoms. The van der Waals surface area contributed by atoms with Crippen molar-refractivity contribution in [1.82, 2.24) is 10.2 Å². The quantitative estimate of drug-likeness (QED) is 0.689. The van der Waals surface area contributed by atoms with Gasteiger partial charge in [0.1, 0.15) is 0 Å². The predicted octanol–water partition coefficient (Wildman–Crippen LogP) is 1.74. The van der Waals surface area contributed by atoms with Crippen LogP contribution in [-0.2, 0) is 0 Å². The zero-order valence-electron chi connectivity index (χ0n) is 9.84. The molecule has 0 radical (unpaired) electrons. The van der Waals surface area contributed by atoms with Gasteiger partial charge in [0, 0.05) is 13.1 Å². The van der Waals surface area contributed by atoms with E-state index in [1.807, 2.05) is 13.1 Å². The van der Waals surface area contributed by atoms with E-state index in [9.17, 15) is 0 Å². The van der Waals surface area contributed by atoms with Crippen molar-refractivity contribution in [2.24, 2.45) is 11.3 Å². The molecule has 2 heteroatoms. The first-order valence-corrected chi connectivity index (χ1v) is 5.58. The fourth-order valence-electron chi connectivity index (χ4n) is 2.48. The third-order valence-electron chi connectivity index (χ3n) is 3.37. The van der Waals surface area contributed by atoms with Gasteiger partial charge in [0.05, 0.1) is 0 Å². The van der Waals surface area contributed by atoms with Gasteiger partial charge in [0.25, 0.3) is 0 Å². The van der Waals surface area contributed by atoms with Crippen LogP contribution in [0.5, 0.6) is 0 Å². The molecular formula is C12H24N2. The molecule has 0 aliphatic carbocycles. The van der Waals surface area contributed by atoms with Crippen molar-refractivity contribution in [3.8, 4) is 0 Å². The van der Waals surface area contributed by atoms with Crippen molar-refractivity contribution in [3.63, 3.8) is 0 Å². The van der Waals surface area contributed by atoms with Gasteiger partial charge in [-0.2, -0.15) is 0 Å². The molecule has 82 valence electrons.